The topological polar surface area (TPSA) is 0 Å². The lowest BCUT2D eigenvalue weighted by Gasteiger charge is -2.03. The van der Waals surface area contributed by atoms with Crippen molar-refractivity contribution in [2.45, 2.75) is 33.6 Å². The molecule has 0 fully saturated rings. The Labute approximate surface area is 87.4 Å². The average Bonchev–Trinajstić information content (AvgIpc) is 2.15. The standard InChI is InChI=1S/C14H18/c1-11(2)5-6-13-7-9-14(10-8-13)12(3)4/h7-12H,1-4H3. The van der Waals surface area contributed by atoms with Gasteiger partial charge in [0.2, 0.25) is 0 Å². The van der Waals surface area contributed by atoms with Crippen LogP contribution in [0, 0.1) is 17.8 Å². The molecule has 0 bridgehead atoms. The molecule has 0 aliphatic heterocycles. The summed E-state index contributed by atoms with van der Waals surface area (Å²) in [4.78, 5) is 0. The van der Waals surface area contributed by atoms with Crippen molar-refractivity contribution in [2.75, 3.05) is 0 Å². The van der Waals surface area contributed by atoms with Gasteiger partial charge in [-0.25, -0.2) is 0 Å². The summed E-state index contributed by atoms with van der Waals surface area (Å²) in [6, 6.07) is 8.53. The fraction of sp³-hybridized carbons (Fsp3) is 0.429. The van der Waals surface area contributed by atoms with Gasteiger partial charge in [0.25, 0.3) is 0 Å². The summed E-state index contributed by atoms with van der Waals surface area (Å²) in [5.41, 5.74) is 2.49. The molecule has 0 heterocycles. The van der Waals surface area contributed by atoms with E-state index in [4.69, 9.17) is 0 Å². The number of benzene rings is 1. The second kappa shape index (κ2) is 4.86. The van der Waals surface area contributed by atoms with E-state index in [1.54, 1.807) is 0 Å². The van der Waals surface area contributed by atoms with E-state index in [-0.39, 0.29) is 0 Å². The lowest BCUT2D eigenvalue weighted by atomic mass is 10.0. The molecule has 0 atom stereocenters. The van der Waals surface area contributed by atoms with Crippen molar-refractivity contribution in [3.05, 3.63) is 35.4 Å². The van der Waals surface area contributed by atoms with Crippen LogP contribution in [-0.4, -0.2) is 0 Å². The van der Waals surface area contributed by atoms with Gasteiger partial charge in [0.1, 0.15) is 0 Å². The predicted molar refractivity (Wildman–Crippen MR) is 62.2 cm³/mol. The van der Waals surface area contributed by atoms with Gasteiger partial charge in [0, 0.05) is 11.5 Å². The molecule has 1 aromatic rings. The molecule has 0 heteroatoms. The molecule has 0 saturated heterocycles. The summed E-state index contributed by atoms with van der Waals surface area (Å²) >= 11 is 0. The molecule has 0 unspecified atom stereocenters. The molecule has 0 radical (unpaired) electrons. The molecule has 1 rings (SSSR count). The Morgan fingerprint density at radius 1 is 0.929 bits per heavy atom. The molecule has 0 N–H and O–H groups in total. The summed E-state index contributed by atoms with van der Waals surface area (Å²) in [6.45, 7) is 8.62. The third-order valence-corrected chi connectivity index (χ3v) is 2.08. The highest BCUT2D eigenvalue weighted by atomic mass is 14.0. The Balaban J connectivity index is 2.80. The zero-order valence-corrected chi connectivity index (χ0v) is 9.46. The van der Waals surface area contributed by atoms with Crippen molar-refractivity contribution in [2.24, 2.45) is 5.92 Å². The Hall–Kier alpha value is -1.22. The van der Waals surface area contributed by atoms with Crippen LogP contribution in [0.1, 0.15) is 44.7 Å². The van der Waals surface area contributed by atoms with E-state index >= 15 is 0 Å². The average molecular weight is 186 g/mol. The fourth-order valence-corrected chi connectivity index (χ4v) is 1.18. The minimum Gasteiger partial charge on any atom is -0.0951 e. The van der Waals surface area contributed by atoms with E-state index in [1.807, 2.05) is 0 Å². The van der Waals surface area contributed by atoms with Crippen molar-refractivity contribution >= 4 is 0 Å². The van der Waals surface area contributed by atoms with Gasteiger partial charge < -0.3 is 0 Å². The lowest BCUT2D eigenvalue weighted by molar-refractivity contribution is 0.864. The van der Waals surface area contributed by atoms with Crippen molar-refractivity contribution in [3.8, 4) is 11.8 Å². The van der Waals surface area contributed by atoms with E-state index in [0.717, 1.165) is 5.56 Å². The van der Waals surface area contributed by atoms with Gasteiger partial charge in [-0.2, -0.15) is 0 Å². The molecule has 0 aliphatic rings. The largest absolute Gasteiger partial charge is 0.0951 e. The van der Waals surface area contributed by atoms with Crippen molar-refractivity contribution in [1.29, 1.82) is 0 Å². The first-order valence-electron chi connectivity index (χ1n) is 5.21. The summed E-state index contributed by atoms with van der Waals surface area (Å²) in [7, 11) is 0. The van der Waals surface area contributed by atoms with Crippen LogP contribution in [0.5, 0.6) is 0 Å². The van der Waals surface area contributed by atoms with Crippen molar-refractivity contribution in [1.82, 2.24) is 0 Å². The third-order valence-electron chi connectivity index (χ3n) is 2.08. The number of rotatable bonds is 1. The lowest BCUT2D eigenvalue weighted by Crippen LogP contribution is -1.86. The molecule has 74 valence electrons. The number of hydrogen-bond donors (Lipinski definition) is 0. The molecule has 0 saturated carbocycles. The van der Waals surface area contributed by atoms with Crippen LogP contribution in [0.2, 0.25) is 0 Å². The third kappa shape index (κ3) is 3.26. The molecule has 0 nitrogen and oxygen atoms in total. The maximum Gasteiger partial charge on any atom is 0.0245 e. The number of hydrogen-bond acceptors (Lipinski definition) is 0. The smallest absolute Gasteiger partial charge is 0.0245 e. The van der Waals surface area contributed by atoms with Gasteiger partial charge >= 0.3 is 0 Å². The molecule has 0 spiro atoms. The van der Waals surface area contributed by atoms with Gasteiger partial charge in [-0.15, -0.1) is 0 Å². The normalized spacial score (nSPS) is 10.1. The van der Waals surface area contributed by atoms with E-state index in [1.165, 1.54) is 5.56 Å². The van der Waals surface area contributed by atoms with E-state index in [2.05, 4.69) is 63.8 Å². The molecular formula is C14H18. The van der Waals surface area contributed by atoms with Gasteiger partial charge in [-0.1, -0.05) is 51.7 Å². The Bertz CT molecular complexity index is 331. The highest BCUT2D eigenvalue weighted by molar-refractivity contribution is 5.37. The van der Waals surface area contributed by atoms with Crippen molar-refractivity contribution in [3.63, 3.8) is 0 Å². The zero-order valence-electron chi connectivity index (χ0n) is 9.46. The highest BCUT2D eigenvalue weighted by Crippen LogP contribution is 2.14. The highest BCUT2D eigenvalue weighted by Gasteiger charge is 1.96. The fourth-order valence-electron chi connectivity index (χ4n) is 1.18. The van der Waals surface area contributed by atoms with Gasteiger partial charge in [-0.05, 0) is 23.6 Å². The molecule has 0 amide bonds. The van der Waals surface area contributed by atoms with Crippen LogP contribution in [0.4, 0.5) is 0 Å². The zero-order chi connectivity index (χ0) is 10.6. The minimum atomic E-state index is 0.444. The Morgan fingerprint density at radius 2 is 1.50 bits per heavy atom. The van der Waals surface area contributed by atoms with Gasteiger partial charge in [0.15, 0.2) is 0 Å². The van der Waals surface area contributed by atoms with E-state index < -0.39 is 0 Å². The summed E-state index contributed by atoms with van der Waals surface area (Å²) in [6.07, 6.45) is 0. The van der Waals surface area contributed by atoms with Gasteiger partial charge in [0.05, 0.1) is 0 Å². The second-order valence-electron chi connectivity index (χ2n) is 4.20. The minimum absolute atomic E-state index is 0.444. The van der Waals surface area contributed by atoms with E-state index in [9.17, 15) is 0 Å². The van der Waals surface area contributed by atoms with Crippen LogP contribution in [-0.2, 0) is 0 Å². The predicted octanol–water partition coefficient (Wildman–Crippen LogP) is 3.82. The first-order valence-corrected chi connectivity index (χ1v) is 5.21. The van der Waals surface area contributed by atoms with Crippen LogP contribution < -0.4 is 0 Å². The van der Waals surface area contributed by atoms with Crippen LogP contribution in [0.15, 0.2) is 24.3 Å². The summed E-state index contributed by atoms with van der Waals surface area (Å²) in [5, 5.41) is 0. The maximum atomic E-state index is 3.16. The molecule has 14 heavy (non-hydrogen) atoms. The summed E-state index contributed by atoms with van der Waals surface area (Å²) < 4.78 is 0. The Kier molecular flexibility index (Phi) is 3.77. The van der Waals surface area contributed by atoms with Crippen LogP contribution >= 0.6 is 0 Å². The van der Waals surface area contributed by atoms with E-state index in [0.29, 0.717) is 11.8 Å². The molecule has 0 aromatic heterocycles. The monoisotopic (exact) mass is 186 g/mol. The first-order chi connectivity index (χ1) is 6.59. The first kappa shape index (κ1) is 10.9. The van der Waals surface area contributed by atoms with Crippen LogP contribution in [0.3, 0.4) is 0 Å². The van der Waals surface area contributed by atoms with Crippen LogP contribution in [0.25, 0.3) is 0 Å². The maximum absolute atomic E-state index is 3.16. The SMILES string of the molecule is CC(C)C#Cc1ccc(C(C)C)cc1. The summed E-state index contributed by atoms with van der Waals surface area (Å²) in [5.74, 6) is 7.36. The molecule has 1 aromatic carbocycles. The second-order valence-corrected chi connectivity index (χ2v) is 4.20. The Morgan fingerprint density at radius 3 is 1.93 bits per heavy atom. The molecular weight excluding hydrogens is 168 g/mol. The van der Waals surface area contributed by atoms with Gasteiger partial charge in [-0.3, -0.25) is 0 Å². The molecule has 0 aliphatic carbocycles. The quantitative estimate of drug-likeness (QED) is 0.585. The van der Waals surface area contributed by atoms with Crippen molar-refractivity contribution < 1.29 is 0 Å².